The van der Waals surface area contributed by atoms with E-state index in [2.05, 4.69) is 62.4 Å². The van der Waals surface area contributed by atoms with Crippen LogP contribution in [0.1, 0.15) is 5.82 Å². The first-order valence-electron chi connectivity index (χ1n) is 8.15. The minimum Gasteiger partial charge on any atom is -0.480 e. The highest BCUT2D eigenvalue weighted by Gasteiger charge is 2.19. The molecule has 0 atom stereocenters. The van der Waals surface area contributed by atoms with Gasteiger partial charge in [0.2, 0.25) is 0 Å². The Kier molecular flexibility index (Phi) is 4.28. The summed E-state index contributed by atoms with van der Waals surface area (Å²) in [4.78, 5) is 3.46. The van der Waals surface area contributed by atoms with E-state index in [9.17, 15) is 0 Å². The predicted octanol–water partition coefficient (Wildman–Crippen LogP) is 5.10. The molecule has 0 spiro atoms. The third kappa shape index (κ3) is 3.17. The molecule has 0 aliphatic carbocycles. The van der Waals surface area contributed by atoms with E-state index in [4.69, 9.17) is 4.74 Å². The molecule has 4 heteroatoms. The van der Waals surface area contributed by atoms with Crippen LogP contribution in [0.3, 0.4) is 0 Å². The van der Waals surface area contributed by atoms with E-state index < -0.39 is 0 Å². The second-order valence-corrected chi connectivity index (χ2v) is 7.08. The molecule has 25 heavy (non-hydrogen) atoms. The number of allylic oxidation sites excluding steroid dienone is 1. The number of rotatable bonds is 5. The number of aromatic nitrogens is 2. The zero-order valence-corrected chi connectivity index (χ0v) is 15.3. The first-order chi connectivity index (χ1) is 12.2. The summed E-state index contributed by atoms with van der Waals surface area (Å²) < 4.78 is 9.28. The van der Waals surface area contributed by atoms with E-state index >= 15 is 0 Å². The summed E-state index contributed by atoms with van der Waals surface area (Å²) in [7, 11) is 0. The monoisotopic (exact) mass is 393 g/mol. The van der Waals surface area contributed by atoms with Gasteiger partial charge in [-0.2, -0.15) is 0 Å². The van der Waals surface area contributed by atoms with Gasteiger partial charge < -0.3 is 4.74 Å². The molecule has 0 fully saturated rings. The van der Waals surface area contributed by atoms with Crippen LogP contribution >= 0.6 is 15.9 Å². The summed E-state index contributed by atoms with van der Waals surface area (Å²) in [5, 5.41) is 2.30. The Morgan fingerprint density at radius 2 is 1.76 bits per heavy atom. The highest BCUT2D eigenvalue weighted by molar-refractivity contribution is 9.11. The van der Waals surface area contributed by atoms with Crippen molar-refractivity contribution < 1.29 is 9.30 Å². The van der Waals surface area contributed by atoms with Crippen molar-refractivity contribution in [2.75, 3.05) is 0 Å². The molecule has 3 aromatic carbocycles. The lowest BCUT2D eigenvalue weighted by Crippen LogP contribution is -2.37. The number of imidazole rings is 1. The zero-order valence-electron chi connectivity index (χ0n) is 13.7. The number of nitrogens with one attached hydrogen (secondary N) is 1. The van der Waals surface area contributed by atoms with E-state index in [0.29, 0.717) is 13.2 Å². The van der Waals surface area contributed by atoms with Gasteiger partial charge in [0.15, 0.2) is 17.6 Å². The average Bonchev–Trinajstić information content (AvgIpc) is 2.97. The van der Waals surface area contributed by atoms with Crippen LogP contribution in [0.5, 0.6) is 5.75 Å². The Bertz CT molecular complexity index is 1060. The van der Waals surface area contributed by atoms with Gasteiger partial charge in [-0.25, -0.2) is 9.55 Å². The van der Waals surface area contributed by atoms with E-state index in [1.165, 1.54) is 5.39 Å². The van der Waals surface area contributed by atoms with Crippen molar-refractivity contribution in [2.24, 2.45) is 0 Å². The number of fused-ring (bicyclic) bond motifs is 2. The van der Waals surface area contributed by atoms with Gasteiger partial charge in [-0.3, -0.25) is 0 Å². The molecule has 1 N–H and O–H groups in total. The van der Waals surface area contributed by atoms with Gasteiger partial charge in [0.25, 0.3) is 5.82 Å². The highest BCUT2D eigenvalue weighted by Crippen LogP contribution is 2.25. The SMILES string of the molecule is C=C(Br)C[n+]1c(COc2cccc3ccccc23)[nH]c2ccccc21. The van der Waals surface area contributed by atoms with Crippen LogP contribution in [0.4, 0.5) is 0 Å². The summed E-state index contributed by atoms with van der Waals surface area (Å²) in [6.45, 7) is 5.13. The molecular weight excluding hydrogens is 376 g/mol. The van der Waals surface area contributed by atoms with Gasteiger partial charge in [0.1, 0.15) is 12.3 Å². The quantitative estimate of drug-likeness (QED) is 0.469. The standard InChI is InChI=1S/C21H17BrN2O/c1-15(22)13-24-19-11-5-4-10-18(19)23-21(24)14-25-20-12-6-8-16-7-2-3-9-17(16)20/h2-12H,1,13-14H2/p+1. The fourth-order valence-corrected chi connectivity index (χ4v) is 3.37. The fraction of sp³-hybridized carbons (Fsp3) is 0.0952. The predicted molar refractivity (Wildman–Crippen MR) is 105 cm³/mol. The van der Waals surface area contributed by atoms with E-state index in [1.807, 2.05) is 36.4 Å². The number of benzene rings is 3. The van der Waals surface area contributed by atoms with Gasteiger partial charge in [-0.15, -0.1) is 0 Å². The number of H-pyrrole nitrogens is 1. The van der Waals surface area contributed by atoms with E-state index in [1.54, 1.807) is 0 Å². The maximum absolute atomic E-state index is 6.16. The first-order valence-corrected chi connectivity index (χ1v) is 8.95. The smallest absolute Gasteiger partial charge is 0.294 e. The molecule has 4 aromatic rings. The number of aromatic amines is 1. The third-order valence-corrected chi connectivity index (χ3v) is 4.49. The normalized spacial score (nSPS) is 11.1. The minimum absolute atomic E-state index is 0.461. The molecule has 0 amide bonds. The molecule has 0 bridgehead atoms. The lowest BCUT2D eigenvalue weighted by atomic mass is 10.1. The zero-order chi connectivity index (χ0) is 17.2. The van der Waals surface area contributed by atoms with Gasteiger partial charge in [-0.1, -0.05) is 71.0 Å². The molecule has 0 radical (unpaired) electrons. The lowest BCUT2D eigenvalue weighted by molar-refractivity contribution is -0.670. The molecule has 0 unspecified atom stereocenters. The van der Waals surface area contributed by atoms with Crippen LogP contribution in [-0.4, -0.2) is 4.98 Å². The molecule has 1 heterocycles. The maximum Gasteiger partial charge on any atom is 0.294 e. The number of halogens is 1. The third-order valence-electron chi connectivity index (χ3n) is 4.24. The van der Waals surface area contributed by atoms with E-state index in [0.717, 1.165) is 32.5 Å². The summed E-state index contributed by atoms with van der Waals surface area (Å²) in [6, 6.07) is 22.6. The van der Waals surface area contributed by atoms with Crippen molar-refractivity contribution in [3.63, 3.8) is 0 Å². The Hall–Kier alpha value is -2.59. The van der Waals surface area contributed by atoms with Gasteiger partial charge in [0.05, 0.1) is 0 Å². The van der Waals surface area contributed by atoms with Gasteiger partial charge >= 0.3 is 0 Å². The van der Waals surface area contributed by atoms with Crippen LogP contribution in [0.2, 0.25) is 0 Å². The average molecular weight is 394 g/mol. The van der Waals surface area contributed by atoms with Crippen molar-refractivity contribution in [3.8, 4) is 5.75 Å². The molecular formula is C21H18BrN2O+. The number of para-hydroxylation sites is 2. The highest BCUT2D eigenvalue weighted by atomic mass is 79.9. The van der Waals surface area contributed by atoms with Gasteiger partial charge in [-0.05, 0) is 23.6 Å². The molecule has 0 saturated carbocycles. The molecule has 124 valence electrons. The van der Waals surface area contributed by atoms with Crippen LogP contribution in [-0.2, 0) is 13.2 Å². The topological polar surface area (TPSA) is 28.9 Å². The van der Waals surface area contributed by atoms with Crippen molar-refractivity contribution in [1.29, 1.82) is 0 Å². The molecule has 0 aliphatic heterocycles. The Morgan fingerprint density at radius 1 is 1.00 bits per heavy atom. The van der Waals surface area contributed by atoms with Crippen LogP contribution in [0.25, 0.3) is 21.8 Å². The Morgan fingerprint density at radius 3 is 2.64 bits per heavy atom. The lowest BCUT2D eigenvalue weighted by Gasteiger charge is -2.08. The van der Waals surface area contributed by atoms with Crippen LogP contribution < -0.4 is 9.30 Å². The minimum atomic E-state index is 0.461. The number of nitrogens with zero attached hydrogens (tertiary/aromatic N) is 1. The Balaban J connectivity index is 1.69. The molecule has 3 nitrogen and oxygen atoms in total. The van der Waals surface area contributed by atoms with Crippen molar-refractivity contribution in [2.45, 2.75) is 13.2 Å². The van der Waals surface area contributed by atoms with Crippen molar-refractivity contribution >= 4 is 37.7 Å². The maximum atomic E-state index is 6.16. The second-order valence-electron chi connectivity index (χ2n) is 5.96. The van der Waals surface area contributed by atoms with Crippen molar-refractivity contribution in [3.05, 3.63) is 83.6 Å². The summed E-state index contributed by atoms with van der Waals surface area (Å²) in [5.41, 5.74) is 2.23. The number of ether oxygens (including phenoxy) is 1. The molecule has 4 rings (SSSR count). The summed E-state index contributed by atoms with van der Waals surface area (Å²) in [5.74, 6) is 1.90. The van der Waals surface area contributed by atoms with Crippen LogP contribution in [0.15, 0.2) is 77.8 Å². The van der Waals surface area contributed by atoms with E-state index in [-0.39, 0.29) is 0 Å². The molecule has 1 aromatic heterocycles. The van der Waals surface area contributed by atoms with Gasteiger partial charge in [0, 0.05) is 9.87 Å². The number of hydrogen-bond donors (Lipinski definition) is 1. The largest absolute Gasteiger partial charge is 0.480 e. The molecule has 0 aliphatic rings. The van der Waals surface area contributed by atoms with Crippen molar-refractivity contribution in [1.82, 2.24) is 4.98 Å². The summed E-state index contributed by atoms with van der Waals surface area (Å²) in [6.07, 6.45) is 0. The summed E-state index contributed by atoms with van der Waals surface area (Å²) >= 11 is 3.47. The molecule has 0 saturated heterocycles. The first kappa shape index (κ1) is 15.9. The number of hydrogen-bond acceptors (Lipinski definition) is 1. The van der Waals surface area contributed by atoms with Crippen LogP contribution in [0, 0.1) is 0 Å². The Labute approximate surface area is 154 Å². The fourth-order valence-electron chi connectivity index (χ4n) is 3.12. The second kappa shape index (κ2) is 6.73.